The van der Waals surface area contributed by atoms with Crippen molar-refractivity contribution in [3.05, 3.63) is 59.9 Å². The molecule has 6 nitrogen and oxygen atoms in total. The largest absolute Gasteiger partial charge is 0.336 e. The third-order valence-electron chi connectivity index (χ3n) is 6.87. The van der Waals surface area contributed by atoms with Gasteiger partial charge in [0, 0.05) is 12.2 Å². The first-order valence-corrected chi connectivity index (χ1v) is 12.7. The minimum absolute atomic E-state index is 0.0278. The van der Waals surface area contributed by atoms with E-state index < -0.39 is 6.04 Å². The SMILES string of the molecule is Cc1ccc(N2C(=O)[C@@H](CC(=O)Nc3ccc(F)cc3)N(CCCN3CCC(C)CC3)C2=S)cc1. The lowest BCUT2D eigenvalue weighted by atomic mass is 9.99. The minimum Gasteiger partial charge on any atom is -0.336 e. The van der Waals surface area contributed by atoms with Crippen molar-refractivity contribution < 1.29 is 14.0 Å². The number of hydrogen-bond donors (Lipinski definition) is 1. The Balaban J connectivity index is 1.46. The highest BCUT2D eigenvalue weighted by Crippen LogP contribution is 2.28. The van der Waals surface area contributed by atoms with Crippen LogP contribution in [0.5, 0.6) is 0 Å². The maximum atomic E-state index is 13.5. The lowest BCUT2D eigenvalue weighted by Gasteiger charge is -2.31. The van der Waals surface area contributed by atoms with Gasteiger partial charge in [0.05, 0.1) is 12.1 Å². The van der Waals surface area contributed by atoms with Gasteiger partial charge in [-0.1, -0.05) is 24.6 Å². The maximum absolute atomic E-state index is 13.5. The zero-order valence-electron chi connectivity index (χ0n) is 20.4. The first kappa shape index (κ1) is 25.3. The van der Waals surface area contributed by atoms with Gasteiger partial charge in [0.1, 0.15) is 11.9 Å². The van der Waals surface area contributed by atoms with Crippen molar-refractivity contribution in [2.45, 2.75) is 45.6 Å². The Morgan fingerprint density at radius 1 is 1.06 bits per heavy atom. The Kier molecular flexibility index (Phi) is 8.13. The number of anilines is 2. The molecule has 2 saturated heterocycles. The van der Waals surface area contributed by atoms with E-state index in [0.717, 1.165) is 37.5 Å². The van der Waals surface area contributed by atoms with Crippen molar-refractivity contribution in [3.8, 4) is 0 Å². The fraction of sp³-hybridized carbons (Fsp3) is 0.444. The smallest absolute Gasteiger partial charge is 0.256 e. The number of nitrogens with one attached hydrogen (secondary N) is 1. The van der Waals surface area contributed by atoms with Crippen LogP contribution in [0.15, 0.2) is 48.5 Å². The molecule has 1 atom stereocenters. The first-order valence-electron chi connectivity index (χ1n) is 12.3. The summed E-state index contributed by atoms with van der Waals surface area (Å²) in [5.41, 5.74) is 2.29. The Hall–Kier alpha value is -2.84. The van der Waals surface area contributed by atoms with Crippen molar-refractivity contribution in [2.75, 3.05) is 36.4 Å². The molecule has 2 aromatic carbocycles. The van der Waals surface area contributed by atoms with Crippen LogP contribution >= 0.6 is 12.2 Å². The fourth-order valence-electron chi connectivity index (χ4n) is 4.69. The predicted octanol–water partition coefficient (Wildman–Crippen LogP) is 4.59. The van der Waals surface area contributed by atoms with Gasteiger partial charge in [0.2, 0.25) is 5.91 Å². The van der Waals surface area contributed by atoms with Gasteiger partial charge >= 0.3 is 0 Å². The van der Waals surface area contributed by atoms with E-state index in [9.17, 15) is 14.0 Å². The molecular formula is C27H33FN4O2S. The molecule has 35 heavy (non-hydrogen) atoms. The third-order valence-corrected chi connectivity index (χ3v) is 7.28. The molecule has 2 fully saturated rings. The Morgan fingerprint density at radius 3 is 2.37 bits per heavy atom. The number of piperidine rings is 1. The van der Waals surface area contributed by atoms with E-state index >= 15 is 0 Å². The maximum Gasteiger partial charge on any atom is 0.256 e. The van der Waals surface area contributed by atoms with Gasteiger partial charge in [-0.3, -0.25) is 14.5 Å². The number of halogens is 1. The van der Waals surface area contributed by atoms with Crippen LogP contribution in [0.1, 0.15) is 38.2 Å². The molecule has 0 unspecified atom stereocenters. The van der Waals surface area contributed by atoms with Crippen molar-refractivity contribution in [3.63, 3.8) is 0 Å². The van der Waals surface area contributed by atoms with Gasteiger partial charge in [0.15, 0.2) is 5.11 Å². The van der Waals surface area contributed by atoms with E-state index in [1.54, 1.807) is 4.90 Å². The second kappa shape index (κ2) is 11.3. The lowest BCUT2D eigenvalue weighted by Crippen LogP contribution is -2.40. The molecule has 0 aromatic heterocycles. The van der Waals surface area contributed by atoms with Crippen molar-refractivity contribution >= 4 is 40.5 Å². The highest BCUT2D eigenvalue weighted by molar-refractivity contribution is 7.80. The second-order valence-corrected chi connectivity index (χ2v) is 10.0. The number of carbonyl (C=O) groups is 2. The summed E-state index contributed by atoms with van der Waals surface area (Å²) >= 11 is 5.76. The van der Waals surface area contributed by atoms with Crippen LogP contribution in [-0.2, 0) is 9.59 Å². The number of aryl methyl sites for hydroxylation is 1. The highest BCUT2D eigenvalue weighted by atomic mass is 32.1. The van der Waals surface area contributed by atoms with Crippen LogP contribution in [0.4, 0.5) is 15.8 Å². The van der Waals surface area contributed by atoms with E-state index in [4.69, 9.17) is 12.2 Å². The standard InChI is InChI=1S/C27H33FN4O2S/c1-19-4-10-23(11-5-19)32-26(34)24(18-25(33)29-22-8-6-21(28)7-9-22)31(27(32)35)15-3-14-30-16-12-20(2)13-17-30/h4-11,20,24H,3,12-18H2,1-2H3,(H,29,33)/t24-/m1/s1. The van der Waals surface area contributed by atoms with Crippen LogP contribution in [0.2, 0.25) is 0 Å². The number of benzene rings is 2. The molecule has 8 heteroatoms. The molecule has 2 aliphatic rings. The molecule has 186 valence electrons. The van der Waals surface area contributed by atoms with Gasteiger partial charge in [-0.15, -0.1) is 0 Å². The summed E-state index contributed by atoms with van der Waals surface area (Å²) < 4.78 is 13.2. The van der Waals surface area contributed by atoms with Gasteiger partial charge in [-0.25, -0.2) is 4.39 Å². The van der Waals surface area contributed by atoms with E-state index in [0.29, 0.717) is 23.0 Å². The summed E-state index contributed by atoms with van der Waals surface area (Å²) in [5.74, 6) is -0.0945. The van der Waals surface area contributed by atoms with E-state index in [2.05, 4.69) is 17.1 Å². The zero-order chi connectivity index (χ0) is 24.9. The normalized spacial score (nSPS) is 19.5. The number of carbonyl (C=O) groups excluding carboxylic acids is 2. The van der Waals surface area contributed by atoms with E-state index in [-0.39, 0.29) is 24.1 Å². The monoisotopic (exact) mass is 496 g/mol. The summed E-state index contributed by atoms with van der Waals surface area (Å²) in [6.07, 6.45) is 3.27. The molecule has 2 amide bonds. The minimum atomic E-state index is -0.675. The third kappa shape index (κ3) is 6.24. The van der Waals surface area contributed by atoms with Gasteiger partial charge in [-0.05, 0) is 100 Å². The fourth-order valence-corrected chi connectivity index (χ4v) is 5.10. The summed E-state index contributed by atoms with van der Waals surface area (Å²) in [6.45, 7) is 8.04. The molecule has 2 aliphatic heterocycles. The molecule has 0 radical (unpaired) electrons. The summed E-state index contributed by atoms with van der Waals surface area (Å²) in [6, 6.07) is 12.6. The zero-order valence-corrected chi connectivity index (χ0v) is 21.2. The van der Waals surface area contributed by atoms with E-state index in [1.165, 1.54) is 37.1 Å². The van der Waals surface area contributed by atoms with Crippen LogP contribution in [-0.4, -0.2) is 58.9 Å². The van der Waals surface area contributed by atoms with Crippen molar-refractivity contribution in [1.29, 1.82) is 0 Å². The van der Waals surface area contributed by atoms with E-state index in [1.807, 2.05) is 36.1 Å². The van der Waals surface area contributed by atoms with Crippen LogP contribution < -0.4 is 10.2 Å². The predicted molar refractivity (Wildman–Crippen MR) is 141 cm³/mol. The molecule has 2 aromatic rings. The molecule has 0 saturated carbocycles. The number of rotatable bonds is 8. The van der Waals surface area contributed by atoms with Crippen LogP contribution in [0.25, 0.3) is 0 Å². The molecule has 1 N–H and O–H groups in total. The molecular weight excluding hydrogens is 463 g/mol. The van der Waals surface area contributed by atoms with Gasteiger partial charge in [0.25, 0.3) is 5.91 Å². The quantitative estimate of drug-likeness (QED) is 0.542. The summed E-state index contributed by atoms with van der Waals surface area (Å²) in [5, 5.41) is 3.21. The topological polar surface area (TPSA) is 55.9 Å². The lowest BCUT2D eigenvalue weighted by molar-refractivity contribution is -0.124. The molecule has 4 rings (SSSR count). The highest BCUT2D eigenvalue weighted by Gasteiger charge is 2.43. The summed E-state index contributed by atoms with van der Waals surface area (Å²) in [4.78, 5) is 32.3. The van der Waals surface area contributed by atoms with Crippen LogP contribution in [0, 0.1) is 18.7 Å². The molecule has 0 bridgehead atoms. The number of likely N-dealkylation sites (tertiary alicyclic amines) is 1. The average Bonchev–Trinajstić information content (AvgIpc) is 3.06. The van der Waals surface area contributed by atoms with Gasteiger partial charge < -0.3 is 15.1 Å². The molecule has 0 spiro atoms. The number of amides is 2. The van der Waals surface area contributed by atoms with Crippen molar-refractivity contribution in [2.24, 2.45) is 5.92 Å². The van der Waals surface area contributed by atoms with Crippen LogP contribution in [0.3, 0.4) is 0 Å². The number of nitrogens with zero attached hydrogens (tertiary/aromatic N) is 3. The molecule has 2 heterocycles. The Morgan fingerprint density at radius 2 is 1.71 bits per heavy atom. The first-order chi connectivity index (χ1) is 16.8. The average molecular weight is 497 g/mol. The summed E-state index contributed by atoms with van der Waals surface area (Å²) in [7, 11) is 0. The number of thiocarbonyl (C=S) groups is 1. The molecule has 0 aliphatic carbocycles. The second-order valence-electron chi connectivity index (χ2n) is 9.64. The Bertz CT molecular complexity index is 1050. The van der Waals surface area contributed by atoms with Crippen molar-refractivity contribution in [1.82, 2.24) is 9.80 Å². The number of hydrogen-bond acceptors (Lipinski definition) is 4. The van der Waals surface area contributed by atoms with Gasteiger partial charge in [-0.2, -0.15) is 0 Å². The Labute approximate surface area is 212 Å².